The van der Waals surface area contributed by atoms with Gasteiger partial charge in [0.25, 0.3) is 0 Å². The predicted octanol–water partition coefficient (Wildman–Crippen LogP) is 4.00. The Bertz CT molecular complexity index is 1410. The number of aryl methyl sites for hydroxylation is 1. The van der Waals surface area contributed by atoms with Crippen LogP contribution in [0.4, 0.5) is 17.6 Å². The standard InChI is InChI=1S/C22H21F4N5O3S/c1-12-7-19-16(8-18(12)23)17(9-27)20(31(19)14-3-5-34-6-4-14)21-28-10-15(11-29-21)35(32,33)30-13(2)22(24,25)26/h7-8,10-11,13-14,30H,3-6H2,1-2H3/t13-/m0/s1. The highest BCUT2D eigenvalue weighted by Crippen LogP contribution is 2.38. The summed E-state index contributed by atoms with van der Waals surface area (Å²) in [6, 6.07) is 2.55. The van der Waals surface area contributed by atoms with E-state index in [1.807, 2.05) is 4.57 Å². The second-order valence-corrected chi connectivity index (χ2v) is 10.0. The Morgan fingerprint density at radius 1 is 1.23 bits per heavy atom. The van der Waals surface area contributed by atoms with Gasteiger partial charge in [0.1, 0.15) is 28.5 Å². The van der Waals surface area contributed by atoms with Crippen LogP contribution in [0.2, 0.25) is 0 Å². The van der Waals surface area contributed by atoms with Crippen LogP contribution < -0.4 is 4.72 Å². The fraction of sp³-hybridized carbons (Fsp3) is 0.409. The number of hydrogen-bond donors (Lipinski definition) is 1. The summed E-state index contributed by atoms with van der Waals surface area (Å²) in [6.45, 7) is 3.24. The molecule has 13 heteroatoms. The highest BCUT2D eigenvalue weighted by molar-refractivity contribution is 7.89. The molecule has 1 saturated heterocycles. The van der Waals surface area contributed by atoms with Gasteiger partial charge in [-0.15, -0.1) is 0 Å². The van der Waals surface area contributed by atoms with E-state index in [-0.39, 0.29) is 23.1 Å². The minimum Gasteiger partial charge on any atom is -0.381 e. The molecule has 4 rings (SSSR count). The van der Waals surface area contributed by atoms with Crippen LogP contribution in [-0.2, 0) is 14.8 Å². The van der Waals surface area contributed by atoms with E-state index in [9.17, 15) is 31.2 Å². The van der Waals surface area contributed by atoms with Gasteiger partial charge >= 0.3 is 6.18 Å². The molecule has 1 fully saturated rings. The number of rotatable bonds is 5. The van der Waals surface area contributed by atoms with Crippen molar-refractivity contribution >= 4 is 20.9 Å². The van der Waals surface area contributed by atoms with Gasteiger partial charge in [-0.05, 0) is 44.4 Å². The second kappa shape index (κ2) is 9.18. The van der Waals surface area contributed by atoms with Crippen molar-refractivity contribution in [1.82, 2.24) is 19.3 Å². The maximum absolute atomic E-state index is 14.4. The molecule has 1 N–H and O–H groups in total. The normalized spacial score (nSPS) is 16.4. The molecular formula is C22H21F4N5O3S. The van der Waals surface area contributed by atoms with Crippen LogP contribution in [0.5, 0.6) is 0 Å². The molecule has 0 unspecified atom stereocenters. The topological polar surface area (TPSA) is 110 Å². The highest BCUT2D eigenvalue weighted by Gasteiger charge is 2.39. The largest absolute Gasteiger partial charge is 0.404 e. The van der Waals surface area contributed by atoms with Gasteiger partial charge in [-0.2, -0.15) is 23.2 Å². The summed E-state index contributed by atoms with van der Waals surface area (Å²) in [5.41, 5.74) is 1.37. The predicted molar refractivity (Wildman–Crippen MR) is 117 cm³/mol. The van der Waals surface area contributed by atoms with Crippen LogP contribution in [0.25, 0.3) is 22.4 Å². The van der Waals surface area contributed by atoms with Crippen molar-refractivity contribution in [3.05, 3.63) is 41.5 Å². The van der Waals surface area contributed by atoms with E-state index in [0.29, 0.717) is 49.4 Å². The van der Waals surface area contributed by atoms with Gasteiger partial charge in [0.15, 0.2) is 5.82 Å². The lowest BCUT2D eigenvalue weighted by molar-refractivity contribution is -0.147. The second-order valence-electron chi connectivity index (χ2n) is 8.29. The quantitative estimate of drug-likeness (QED) is 0.519. The Hall–Kier alpha value is -3.08. The molecule has 1 aliphatic rings. The minimum atomic E-state index is -4.77. The molecule has 0 spiro atoms. The summed E-state index contributed by atoms with van der Waals surface area (Å²) in [5, 5.41) is 10.3. The average Bonchev–Trinajstić information content (AvgIpc) is 3.12. The van der Waals surface area contributed by atoms with Crippen LogP contribution >= 0.6 is 0 Å². The lowest BCUT2D eigenvalue weighted by Gasteiger charge is -2.26. The van der Waals surface area contributed by atoms with E-state index >= 15 is 0 Å². The Morgan fingerprint density at radius 3 is 2.43 bits per heavy atom. The van der Waals surface area contributed by atoms with E-state index in [1.54, 1.807) is 17.7 Å². The molecule has 0 radical (unpaired) electrons. The Balaban J connectivity index is 1.84. The fourth-order valence-electron chi connectivity index (χ4n) is 4.03. The third-order valence-electron chi connectivity index (χ3n) is 5.92. The van der Waals surface area contributed by atoms with Crippen molar-refractivity contribution in [3.63, 3.8) is 0 Å². The van der Waals surface area contributed by atoms with Crippen molar-refractivity contribution in [3.8, 4) is 17.6 Å². The molecule has 1 atom stereocenters. The molecule has 0 bridgehead atoms. The van der Waals surface area contributed by atoms with E-state index in [0.717, 1.165) is 12.4 Å². The summed E-state index contributed by atoms with van der Waals surface area (Å²) in [6.07, 6.45) is -1.78. The first-order chi connectivity index (χ1) is 16.4. The molecule has 1 aliphatic heterocycles. The molecule has 2 aromatic heterocycles. The number of fused-ring (bicyclic) bond motifs is 1. The van der Waals surface area contributed by atoms with Crippen LogP contribution in [0.3, 0.4) is 0 Å². The highest BCUT2D eigenvalue weighted by atomic mass is 32.2. The van der Waals surface area contributed by atoms with Crippen molar-refractivity contribution < 1.29 is 30.7 Å². The maximum atomic E-state index is 14.4. The lowest BCUT2D eigenvalue weighted by atomic mass is 10.1. The first-order valence-corrected chi connectivity index (χ1v) is 12.2. The van der Waals surface area contributed by atoms with E-state index < -0.39 is 33.0 Å². The summed E-state index contributed by atoms with van der Waals surface area (Å²) >= 11 is 0. The number of halogens is 4. The molecule has 35 heavy (non-hydrogen) atoms. The summed E-state index contributed by atoms with van der Waals surface area (Å²) in [4.78, 5) is 7.60. The van der Waals surface area contributed by atoms with Crippen molar-refractivity contribution in [2.45, 2.75) is 49.8 Å². The molecule has 1 aromatic carbocycles. The molecule has 0 aliphatic carbocycles. The molecule has 0 amide bonds. The first-order valence-electron chi connectivity index (χ1n) is 10.7. The summed E-state index contributed by atoms with van der Waals surface area (Å²) in [5.74, 6) is -0.498. The first kappa shape index (κ1) is 25.0. The zero-order valence-corrected chi connectivity index (χ0v) is 19.5. The van der Waals surface area contributed by atoms with Gasteiger partial charge in [-0.25, -0.2) is 22.8 Å². The molecule has 3 aromatic rings. The van der Waals surface area contributed by atoms with Gasteiger partial charge in [0.2, 0.25) is 10.0 Å². The number of ether oxygens (including phenoxy) is 1. The fourth-order valence-corrected chi connectivity index (χ4v) is 5.15. The van der Waals surface area contributed by atoms with Gasteiger partial charge in [0, 0.05) is 24.6 Å². The van der Waals surface area contributed by atoms with Gasteiger partial charge in [-0.1, -0.05) is 0 Å². The molecule has 186 valence electrons. The summed E-state index contributed by atoms with van der Waals surface area (Å²) < 4.78 is 86.4. The Morgan fingerprint density at radius 2 is 1.86 bits per heavy atom. The van der Waals surface area contributed by atoms with Gasteiger partial charge in [-0.3, -0.25) is 0 Å². The number of nitriles is 1. The monoisotopic (exact) mass is 511 g/mol. The van der Waals surface area contributed by atoms with Crippen LogP contribution in [0.15, 0.2) is 29.4 Å². The minimum absolute atomic E-state index is 0.00915. The van der Waals surface area contributed by atoms with E-state index in [4.69, 9.17) is 4.74 Å². The number of benzene rings is 1. The molecule has 0 saturated carbocycles. The summed E-state index contributed by atoms with van der Waals surface area (Å²) in [7, 11) is -4.56. The van der Waals surface area contributed by atoms with E-state index in [1.165, 1.54) is 6.07 Å². The number of hydrogen-bond acceptors (Lipinski definition) is 6. The third-order valence-corrected chi connectivity index (χ3v) is 7.42. The average molecular weight is 512 g/mol. The number of nitrogens with one attached hydrogen (secondary N) is 1. The van der Waals surface area contributed by atoms with Crippen molar-refractivity contribution in [2.75, 3.05) is 13.2 Å². The molecule has 8 nitrogen and oxygen atoms in total. The zero-order valence-electron chi connectivity index (χ0n) is 18.7. The third kappa shape index (κ3) is 4.73. The van der Waals surface area contributed by atoms with Gasteiger partial charge < -0.3 is 9.30 Å². The van der Waals surface area contributed by atoms with Crippen molar-refractivity contribution in [1.29, 1.82) is 5.26 Å². The van der Waals surface area contributed by atoms with Crippen LogP contribution in [0, 0.1) is 24.1 Å². The maximum Gasteiger partial charge on any atom is 0.404 e. The Kier molecular flexibility index (Phi) is 6.56. The number of alkyl halides is 3. The van der Waals surface area contributed by atoms with E-state index in [2.05, 4.69) is 16.0 Å². The molecule has 3 heterocycles. The molecular weight excluding hydrogens is 490 g/mol. The number of aromatic nitrogens is 3. The van der Waals surface area contributed by atoms with Crippen molar-refractivity contribution in [2.24, 2.45) is 0 Å². The number of nitrogens with zero attached hydrogens (tertiary/aromatic N) is 4. The van der Waals surface area contributed by atoms with Crippen LogP contribution in [-0.4, -0.2) is 48.4 Å². The lowest BCUT2D eigenvalue weighted by Crippen LogP contribution is -2.43. The SMILES string of the molecule is Cc1cc2c(cc1F)c(C#N)c(-c1ncc(S(=O)(=O)N[C@@H](C)C(F)(F)F)cn1)n2C1CCOCC1. The smallest absolute Gasteiger partial charge is 0.381 e. The zero-order chi connectivity index (χ0) is 25.5. The Labute approximate surface area is 198 Å². The van der Waals surface area contributed by atoms with Gasteiger partial charge in [0.05, 0.1) is 23.5 Å². The van der Waals surface area contributed by atoms with Crippen LogP contribution in [0.1, 0.15) is 36.9 Å². The number of sulfonamides is 1.